The fraction of sp³-hybridized carbons (Fsp3) is 0.375. The van der Waals surface area contributed by atoms with E-state index in [2.05, 4.69) is 92.4 Å². The lowest BCUT2D eigenvalue weighted by Crippen LogP contribution is -2.19. The average molecular weight is 381 g/mol. The van der Waals surface area contributed by atoms with Crippen molar-refractivity contribution in [1.29, 1.82) is 0 Å². The van der Waals surface area contributed by atoms with Crippen LogP contribution in [0.15, 0.2) is 70.6 Å². The van der Waals surface area contributed by atoms with Crippen LogP contribution in [-0.2, 0) is 11.8 Å². The molecular weight excluding hydrogens is 348 g/mol. The Morgan fingerprint density at radius 2 is 1.85 bits per heavy atom. The molecule has 2 aromatic carbocycles. The minimum atomic E-state index is 0.232. The first-order chi connectivity index (χ1) is 13.0. The van der Waals surface area contributed by atoms with Gasteiger partial charge in [0.2, 0.25) is 0 Å². The summed E-state index contributed by atoms with van der Waals surface area (Å²) in [6, 6.07) is 19.3. The van der Waals surface area contributed by atoms with Crippen molar-refractivity contribution in [1.82, 2.24) is 0 Å². The average Bonchev–Trinajstić information content (AvgIpc) is 3.10. The van der Waals surface area contributed by atoms with E-state index in [1.165, 1.54) is 21.7 Å². The summed E-state index contributed by atoms with van der Waals surface area (Å²) in [4.78, 5) is 7.64. The van der Waals surface area contributed by atoms with Crippen molar-refractivity contribution in [3.63, 3.8) is 0 Å². The molecule has 1 unspecified atom stereocenters. The summed E-state index contributed by atoms with van der Waals surface area (Å²) in [5.41, 5.74) is 6.27. The highest BCUT2D eigenvalue weighted by Crippen LogP contribution is 2.44. The lowest BCUT2D eigenvalue weighted by Gasteiger charge is -2.26. The van der Waals surface area contributed by atoms with Crippen LogP contribution in [0.5, 0.6) is 0 Å². The molecule has 0 fully saturated rings. The van der Waals surface area contributed by atoms with Crippen LogP contribution in [0, 0.1) is 0 Å². The van der Waals surface area contributed by atoms with E-state index in [-0.39, 0.29) is 5.41 Å². The van der Waals surface area contributed by atoms with Crippen molar-refractivity contribution in [3.8, 4) is 0 Å². The highest BCUT2D eigenvalue weighted by molar-refractivity contribution is 8.15. The maximum atomic E-state index is 4.05. The van der Waals surface area contributed by atoms with Crippen molar-refractivity contribution in [2.45, 2.75) is 38.5 Å². The van der Waals surface area contributed by atoms with Gasteiger partial charge >= 0.3 is 0 Å². The smallest absolute Gasteiger partial charge is 0.0582 e. The Hall–Kier alpha value is -2.00. The number of thioether (sulfide) groups is 1. The Kier molecular flexibility index (Phi) is 8.18. The minimum absolute atomic E-state index is 0.232. The molecular formula is C24H32N2S. The summed E-state index contributed by atoms with van der Waals surface area (Å²) in [6.45, 7) is 4.52. The van der Waals surface area contributed by atoms with E-state index < -0.39 is 0 Å². The molecule has 1 atom stereocenters. The summed E-state index contributed by atoms with van der Waals surface area (Å²) in [7, 11) is 6.00. The van der Waals surface area contributed by atoms with Gasteiger partial charge in [-0.05, 0) is 47.4 Å². The van der Waals surface area contributed by atoms with Crippen LogP contribution < -0.4 is 4.90 Å². The number of hydrogen-bond acceptors (Lipinski definition) is 3. The predicted molar refractivity (Wildman–Crippen MR) is 123 cm³/mol. The molecule has 3 heteroatoms. The molecule has 3 rings (SSSR count). The van der Waals surface area contributed by atoms with Crippen LogP contribution in [0.2, 0.25) is 0 Å². The van der Waals surface area contributed by atoms with Gasteiger partial charge in [-0.3, -0.25) is 4.99 Å². The molecule has 0 spiro atoms. The van der Waals surface area contributed by atoms with E-state index >= 15 is 0 Å². The first kappa shape index (κ1) is 21.3. The van der Waals surface area contributed by atoms with Crippen molar-refractivity contribution >= 4 is 23.0 Å². The van der Waals surface area contributed by atoms with Gasteiger partial charge in [0.25, 0.3) is 0 Å². The molecule has 27 heavy (non-hydrogen) atoms. The van der Waals surface area contributed by atoms with E-state index in [1.54, 1.807) is 11.8 Å². The van der Waals surface area contributed by atoms with Gasteiger partial charge in [0.05, 0.1) is 5.55 Å². The number of aryl methyl sites for hydroxylation is 1. The minimum Gasteiger partial charge on any atom is -0.378 e. The van der Waals surface area contributed by atoms with Gasteiger partial charge in [0, 0.05) is 32.2 Å². The lowest BCUT2D eigenvalue weighted by atomic mass is 9.80. The molecule has 0 radical (unpaired) electrons. The molecule has 2 nitrogen and oxygen atoms in total. The van der Waals surface area contributed by atoms with Crippen LogP contribution >= 0.6 is 11.8 Å². The Labute approximate surface area is 169 Å². The van der Waals surface area contributed by atoms with Crippen molar-refractivity contribution in [3.05, 3.63) is 76.7 Å². The van der Waals surface area contributed by atoms with Crippen LogP contribution in [-0.4, -0.2) is 26.7 Å². The maximum Gasteiger partial charge on any atom is 0.0582 e. The zero-order valence-corrected chi connectivity index (χ0v) is 18.1. The molecule has 0 aromatic heterocycles. The highest BCUT2D eigenvalue weighted by atomic mass is 32.2. The van der Waals surface area contributed by atoms with Gasteiger partial charge in [0.15, 0.2) is 0 Å². The SMILES string of the molecule is CCc1ccccc1.CN=CSC1=CCC(C)(c2cccc(N(C)C)c2)C1. The fourth-order valence-corrected chi connectivity index (χ4v) is 3.99. The van der Waals surface area contributed by atoms with E-state index in [0.29, 0.717) is 0 Å². The molecule has 1 aliphatic rings. The Morgan fingerprint density at radius 3 is 2.44 bits per heavy atom. The monoisotopic (exact) mass is 380 g/mol. The molecule has 0 saturated heterocycles. The molecule has 0 N–H and O–H groups in total. The molecule has 0 bridgehead atoms. The third-order valence-electron chi connectivity index (χ3n) is 4.96. The van der Waals surface area contributed by atoms with Crippen LogP contribution in [0.3, 0.4) is 0 Å². The Bertz CT molecular complexity index is 765. The summed E-state index contributed by atoms with van der Waals surface area (Å²) in [6.07, 6.45) is 5.72. The molecule has 0 saturated carbocycles. The summed E-state index contributed by atoms with van der Waals surface area (Å²) >= 11 is 1.75. The van der Waals surface area contributed by atoms with Crippen LogP contribution in [0.25, 0.3) is 0 Å². The topological polar surface area (TPSA) is 15.6 Å². The third kappa shape index (κ3) is 6.28. The number of allylic oxidation sites excluding steroid dienone is 2. The zero-order chi connectivity index (χ0) is 19.7. The zero-order valence-electron chi connectivity index (χ0n) is 17.3. The van der Waals surface area contributed by atoms with Gasteiger partial charge < -0.3 is 4.90 Å². The molecule has 144 valence electrons. The van der Waals surface area contributed by atoms with Crippen molar-refractivity contribution < 1.29 is 0 Å². The van der Waals surface area contributed by atoms with Gasteiger partial charge in [-0.25, -0.2) is 0 Å². The highest BCUT2D eigenvalue weighted by Gasteiger charge is 2.31. The molecule has 0 heterocycles. The number of benzene rings is 2. The van der Waals surface area contributed by atoms with Gasteiger partial charge in [0.1, 0.15) is 0 Å². The number of nitrogens with zero attached hydrogens (tertiary/aromatic N) is 2. The standard InChI is InChI=1S/C16H22N2S.C8H10/c1-16(9-8-15(11-16)19-12-17-2)13-6-5-7-14(10-13)18(3)4;1-2-8-6-4-3-5-7-8/h5-8,10,12H,9,11H2,1-4H3;3-7H,2H2,1H3. The van der Waals surface area contributed by atoms with Crippen molar-refractivity contribution in [2.24, 2.45) is 4.99 Å². The fourth-order valence-electron chi connectivity index (χ4n) is 3.17. The number of rotatable bonds is 5. The Morgan fingerprint density at radius 1 is 1.11 bits per heavy atom. The lowest BCUT2D eigenvalue weighted by molar-refractivity contribution is 0.510. The summed E-state index contributed by atoms with van der Waals surface area (Å²) in [5.74, 6) is 0. The second kappa shape index (κ2) is 10.4. The second-order valence-corrected chi connectivity index (χ2v) is 8.35. The van der Waals surface area contributed by atoms with Gasteiger partial charge in [-0.15, -0.1) is 0 Å². The summed E-state index contributed by atoms with van der Waals surface area (Å²) in [5, 5.41) is 0. The molecule has 2 aromatic rings. The van der Waals surface area contributed by atoms with E-state index in [1.807, 2.05) is 18.7 Å². The first-order valence-electron chi connectivity index (χ1n) is 9.56. The number of anilines is 1. The van der Waals surface area contributed by atoms with Crippen molar-refractivity contribution in [2.75, 3.05) is 26.0 Å². The molecule has 0 amide bonds. The van der Waals surface area contributed by atoms with Crippen LogP contribution in [0.1, 0.15) is 37.8 Å². The normalized spacial score (nSPS) is 18.8. The van der Waals surface area contributed by atoms with E-state index in [4.69, 9.17) is 0 Å². The second-order valence-electron chi connectivity index (χ2n) is 7.38. The number of hydrogen-bond donors (Lipinski definition) is 0. The van der Waals surface area contributed by atoms with Gasteiger partial charge in [-0.1, -0.05) is 74.1 Å². The van der Waals surface area contributed by atoms with E-state index in [0.717, 1.165) is 19.3 Å². The molecule has 1 aliphatic carbocycles. The summed E-state index contributed by atoms with van der Waals surface area (Å²) < 4.78 is 0. The predicted octanol–water partition coefficient (Wildman–Crippen LogP) is 6.33. The van der Waals surface area contributed by atoms with Gasteiger partial charge in [-0.2, -0.15) is 0 Å². The van der Waals surface area contributed by atoms with E-state index in [9.17, 15) is 0 Å². The molecule has 0 aliphatic heterocycles. The third-order valence-corrected chi connectivity index (χ3v) is 5.89. The number of aliphatic imine (C=N–C) groups is 1. The van der Waals surface area contributed by atoms with Crippen LogP contribution in [0.4, 0.5) is 5.69 Å². The quantitative estimate of drug-likeness (QED) is 0.445. The Balaban J connectivity index is 0.000000273. The maximum absolute atomic E-state index is 4.05. The largest absolute Gasteiger partial charge is 0.378 e. The first-order valence-corrected chi connectivity index (χ1v) is 10.4.